The summed E-state index contributed by atoms with van der Waals surface area (Å²) in [5.74, 6) is 0.750. The van der Waals surface area contributed by atoms with Crippen LogP contribution in [0.15, 0.2) is 24.5 Å². The van der Waals surface area contributed by atoms with Crippen LogP contribution in [-0.2, 0) is 13.1 Å². The van der Waals surface area contributed by atoms with Gasteiger partial charge in [-0.05, 0) is 26.1 Å². The van der Waals surface area contributed by atoms with Gasteiger partial charge in [-0.15, -0.1) is 10.2 Å². The molecule has 0 radical (unpaired) electrons. The van der Waals surface area contributed by atoms with Gasteiger partial charge in [-0.1, -0.05) is 6.07 Å². The number of halogens is 1. The zero-order valence-electron chi connectivity index (χ0n) is 11.7. The molecule has 1 unspecified atom stereocenters. The first-order valence-electron chi connectivity index (χ1n) is 6.78. The van der Waals surface area contributed by atoms with Crippen molar-refractivity contribution in [1.82, 2.24) is 20.1 Å². The highest BCUT2D eigenvalue weighted by molar-refractivity contribution is 5.56. The Bertz CT molecular complexity index is 609. The second-order valence-corrected chi connectivity index (χ2v) is 5.05. The normalized spacial score (nSPS) is 16.1. The largest absolute Gasteiger partial charge is 0.362 e. The molecular formula is C14H18FN5. The molecule has 0 spiro atoms. The number of aromatic nitrogens is 3. The summed E-state index contributed by atoms with van der Waals surface area (Å²) in [6.07, 6.45) is 1.75. The molecule has 20 heavy (non-hydrogen) atoms. The molecule has 1 atom stereocenters. The number of fused-ring (bicyclic) bond motifs is 1. The number of hydrogen-bond acceptors (Lipinski definition) is 4. The maximum absolute atomic E-state index is 14.2. The highest BCUT2D eigenvalue weighted by Gasteiger charge is 2.23. The number of anilines is 1. The van der Waals surface area contributed by atoms with Gasteiger partial charge in [0.05, 0.1) is 6.54 Å². The standard InChI is InChI=1S/C14H18FN5/c1-10(16-2)14-11(15)4-3-5-12(14)19-6-7-20-9-17-18-13(20)8-19/h3-5,9-10,16H,6-8H2,1-2H3. The summed E-state index contributed by atoms with van der Waals surface area (Å²) in [7, 11) is 1.84. The third-order valence-electron chi connectivity index (χ3n) is 3.88. The fourth-order valence-electron chi connectivity index (χ4n) is 2.65. The highest BCUT2D eigenvalue weighted by atomic mass is 19.1. The van der Waals surface area contributed by atoms with Gasteiger partial charge in [-0.2, -0.15) is 0 Å². The number of hydrogen-bond donors (Lipinski definition) is 1. The van der Waals surface area contributed by atoms with E-state index in [1.54, 1.807) is 12.4 Å². The summed E-state index contributed by atoms with van der Waals surface area (Å²) in [6, 6.07) is 5.21. The average molecular weight is 275 g/mol. The molecule has 106 valence electrons. The van der Waals surface area contributed by atoms with Gasteiger partial charge in [-0.3, -0.25) is 0 Å². The van der Waals surface area contributed by atoms with E-state index in [4.69, 9.17) is 0 Å². The minimum Gasteiger partial charge on any atom is -0.362 e. The zero-order chi connectivity index (χ0) is 14.1. The van der Waals surface area contributed by atoms with E-state index < -0.39 is 0 Å². The third-order valence-corrected chi connectivity index (χ3v) is 3.88. The Labute approximate surface area is 117 Å². The molecule has 0 bridgehead atoms. The van der Waals surface area contributed by atoms with Crippen molar-refractivity contribution in [2.75, 3.05) is 18.5 Å². The molecule has 6 heteroatoms. The van der Waals surface area contributed by atoms with Crippen molar-refractivity contribution in [3.8, 4) is 0 Å². The summed E-state index contributed by atoms with van der Waals surface area (Å²) >= 11 is 0. The van der Waals surface area contributed by atoms with Crippen molar-refractivity contribution >= 4 is 5.69 Å². The quantitative estimate of drug-likeness (QED) is 0.926. The highest BCUT2D eigenvalue weighted by Crippen LogP contribution is 2.30. The Morgan fingerprint density at radius 3 is 3.00 bits per heavy atom. The van der Waals surface area contributed by atoms with Crippen molar-refractivity contribution in [1.29, 1.82) is 0 Å². The van der Waals surface area contributed by atoms with E-state index in [0.29, 0.717) is 12.1 Å². The Morgan fingerprint density at radius 1 is 1.35 bits per heavy atom. The SMILES string of the molecule is CNC(C)c1c(F)cccc1N1CCn2cnnc2C1. The van der Waals surface area contributed by atoms with E-state index in [9.17, 15) is 4.39 Å². The van der Waals surface area contributed by atoms with Gasteiger partial charge in [0, 0.05) is 30.4 Å². The molecule has 0 aliphatic carbocycles. The second kappa shape index (κ2) is 5.20. The second-order valence-electron chi connectivity index (χ2n) is 5.05. The predicted molar refractivity (Wildman–Crippen MR) is 74.9 cm³/mol. The molecule has 1 aliphatic heterocycles. The lowest BCUT2D eigenvalue weighted by atomic mass is 10.0. The first kappa shape index (κ1) is 13.1. The fraction of sp³-hybridized carbons (Fsp3) is 0.429. The summed E-state index contributed by atoms with van der Waals surface area (Å²) < 4.78 is 16.2. The lowest BCUT2D eigenvalue weighted by Crippen LogP contribution is -2.35. The van der Waals surface area contributed by atoms with Gasteiger partial charge in [0.25, 0.3) is 0 Å². The predicted octanol–water partition coefficient (Wildman–Crippen LogP) is 1.72. The molecular weight excluding hydrogens is 257 g/mol. The summed E-state index contributed by atoms with van der Waals surface area (Å²) in [5, 5.41) is 11.2. The zero-order valence-corrected chi connectivity index (χ0v) is 11.7. The van der Waals surface area contributed by atoms with Crippen LogP contribution in [0.25, 0.3) is 0 Å². The lowest BCUT2D eigenvalue weighted by Gasteiger charge is -2.32. The van der Waals surface area contributed by atoms with Gasteiger partial charge >= 0.3 is 0 Å². The number of benzene rings is 1. The summed E-state index contributed by atoms with van der Waals surface area (Å²) in [4.78, 5) is 2.16. The molecule has 0 saturated carbocycles. The van der Waals surface area contributed by atoms with Gasteiger partial charge in [-0.25, -0.2) is 4.39 Å². The first-order valence-corrected chi connectivity index (χ1v) is 6.78. The van der Waals surface area contributed by atoms with Crippen LogP contribution in [0.1, 0.15) is 24.4 Å². The Balaban J connectivity index is 1.97. The number of nitrogens with zero attached hydrogens (tertiary/aromatic N) is 4. The monoisotopic (exact) mass is 275 g/mol. The summed E-state index contributed by atoms with van der Waals surface area (Å²) in [5.41, 5.74) is 1.64. The van der Waals surface area contributed by atoms with E-state index in [1.807, 2.05) is 24.6 Å². The molecule has 1 aromatic carbocycles. The van der Waals surface area contributed by atoms with Crippen LogP contribution in [0.2, 0.25) is 0 Å². The van der Waals surface area contributed by atoms with Crippen molar-refractivity contribution in [2.24, 2.45) is 0 Å². The molecule has 0 saturated heterocycles. The minimum atomic E-state index is -0.170. The molecule has 1 aliphatic rings. The van der Waals surface area contributed by atoms with E-state index in [2.05, 4.69) is 20.4 Å². The average Bonchev–Trinajstić information content (AvgIpc) is 2.93. The number of rotatable bonds is 3. The molecule has 5 nitrogen and oxygen atoms in total. The fourth-order valence-corrected chi connectivity index (χ4v) is 2.65. The smallest absolute Gasteiger partial charge is 0.152 e. The lowest BCUT2D eigenvalue weighted by molar-refractivity contribution is 0.537. The molecule has 1 N–H and O–H groups in total. The van der Waals surface area contributed by atoms with Gasteiger partial charge in [0.1, 0.15) is 12.1 Å². The molecule has 2 aromatic rings. The van der Waals surface area contributed by atoms with Crippen LogP contribution in [0, 0.1) is 5.82 Å². The van der Waals surface area contributed by atoms with Crippen LogP contribution in [-0.4, -0.2) is 28.4 Å². The maximum Gasteiger partial charge on any atom is 0.152 e. The van der Waals surface area contributed by atoms with Gasteiger partial charge in [0.15, 0.2) is 5.82 Å². The van der Waals surface area contributed by atoms with Crippen LogP contribution < -0.4 is 10.2 Å². The van der Waals surface area contributed by atoms with E-state index >= 15 is 0 Å². The van der Waals surface area contributed by atoms with E-state index in [0.717, 1.165) is 24.6 Å². The molecule has 3 rings (SSSR count). The maximum atomic E-state index is 14.2. The molecule has 2 heterocycles. The van der Waals surface area contributed by atoms with Crippen LogP contribution >= 0.6 is 0 Å². The number of nitrogens with one attached hydrogen (secondary N) is 1. The Kier molecular flexibility index (Phi) is 3.40. The van der Waals surface area contributed by atoms with Crippen molar-refractivity contribution in [2.45, 2.75) is 26.1 Å². The van der Waals surface area contributed by atoms with Crippen LogP contribution in [0.5, 0.6) is 0 Å². The van der Waals surface area contributed by atoms with Crippen LogP contribution in [0.3, 0.4) is 0 Å². The first-order chi connectivity index (χ1) is 9.70. The minimum absolute atomic E-state index is 0.0361. The molecule has 1 aromatic heterocycles. The van der Waals surface area contributed by atoms with Crippen LogP contribution in [0.4, 0.5) is 10.1 Å². The van der Waals surface area contributed by atoms with E-state index in [-0.39, 0.29) is 11.9 Å². The van der Waals surface area contributed by atoms with Gasteiger partial charge in [0.2, 0.25) is 0 Å². The van der Waals surface area contributed by atoms with Crippen molar-refractivity contribution in [3.63, 3.8) is 0 Å². The topological polar surface area (TPSA) is 46.0 Å². The Hall–Kier alpha value is -1.95. The van der Waals surface area contributed by atoms with Crippen molar-refractivity contribution < 1.29 is 4.39 Å². The van der Waals surface area contributed by atoms with Gasteiger partial charge < -0.3 is 14.8 Å². The van der Waals surface area contributed by atoms with Crippen molar-refractivity contribution in [3.05, 3.63) is 41.7 Å². The molecule has 0 fully saturated rings. The third kappa shape index (κ3) is 2.16. The Morgan fingerprint density at radius 2 is 2.20 bits per heavy atom. The van der Waals surface area contributed by atoms with E-state index in [1.165, 1.54) is 6.07 Å². The molecule has 0 amide bonds. The summed E-state index contributed by atoms with van der Waals surface area (Å²) in [6.45, 7) is 4.28.